The van der Waals surface area contributed by atoms with E-state index in [9.17, 15) is 4.79 Å². The topological polar surface area (TPSA) is 32.7 Å². The first-order valence-electron chi connectivity index (χ1n) is 8.99. The van der Waals surface area contributed by atoms with Gasteiger partial charge in [-0.3, -0.25) is 4.79 Å². The summed E-state index contributed by atoms with van der Waals surface area (Å²) >= 11 is 0. The van der Waals surface area contributed by atoms with E-state index in [0.717, 1.165) is 29.9 Å². The fourth-order valence-corrected chi connectivity index (χ4v) is 4.45. The van der Waals surface area contributed by atoms with Crippen molar-refractivity contribution in [2.45, 2.75) is 33.6 Å². The second-order valence-corrected chi connectivity index (χ2v) is 7.94. The van der Waals surface area contributed by atoms with E-state index >= 15 is 0 Å². The van der Waals surface area contributed by atoms with Crippen LogP contribution in [-0.4, -0.2) is 11.5 Å². The number of hydrogen-bond acceptors (Lipinski definition) is 3. The summed E-state index contributed by atoms with van der Waals surface area (Å²) in [5.74, 6) is 0.463. The Kier molecular flexibility index (Phi) is 3.57. The summed E-state index contributed by atoms with van der Waals surface area (Å²) in [5.41, 5.74) is 2.38. The van der Waals surface area contributed by atoms with Gasteiger partial charge < -0.3 is 0 Å². The lowest BCUT2D eigenvalue weighted by molar-refractivity contribution is -0.123. The highest BCUT2D eigenvalue weighted by atomic mass is 16.1. The highest BCUT2D eigenvalue weighted by molar-refractivity contribution is 6.45. The Hall–Kier alpha value is -2.42. The second kappa shape index (κ2) is 5.55. The van der Waals surface area contributed by atoms with Gasteiger partial charge in [0.2, 0.25) is 0 Å². The molecule has 2 unspecified atom stereocenters. The summed E-state index contributed by atoms with van der Waals surface area (Å²) in [6, 6.07) is 20.1. The number of carbonyl (C=O) groups excluding carboxylic acids is 1. The molecule has 2 aromatic rings. The first-order valence-corrected chi connectivity index (χ1v) is 8.99. The summed E-state index contributed by atoms with van der Waals surface area (Å²) in [4.78, 5) is 13.1. The molecule has 2 aromatic carbocycles. The van der Waals surface area contributed by atoms with E-state index in [1.165, 1.54) is 0 Å². The first-order chi connectivity index (χ1) is 11.9. The Bertz CT molecular complexity index is 786. The van der Waals surface area contributed by atoms with Crippen LogP contribution in [0.1, 0.15) is 33.6 Å². The zero-order valence-corrected chi connectivity index (χ0v) is 15.1. The van der Waals surface area contributed by atoms with Gasteiger partial charge in [0.15, 0.2) is 5.78 Å². The quantitative estimate of drug-likeness (QED) is 0.723. The van der Waals surface area contributed by atoms with Crippen molar-refractivity contribution in [3.05, 3.63) is 60.7 Å². The molecule has 0 N–H and O–H groups in total. The van der Waals surface area contributed by atoms with Gasteiger partial charge in [0.1, 0.15) is 5.71 Å². The molecule has 0 spiro atoms. The molecule has 2 aliphatic carbocycles. The van der Waals surface area contributed by atoms with Gasteiger partial charge in [0.05, 0.1) is 11.4 Å². The van der Waals surface area contributed by atoms with Crippen LogP contribution in [0, 0.1) is 16.7 Å². The SMILES string of the molecule is CC12CCC(/C(=N\N(c3ccccc3)c3ccccc3)C1=O)C2(C)C. The van der Waals surface area contributed by atoms with E-state index in [-0.39, 0.29) is 22.5 Å². The van der Waals surface area contributed by atoms with E-state index in [1.54, 1.807) is 0 Å². The third-order valence-electron chi connectivity index (χ3n) is 6.50. The minimum Gasteiger partial charge on any atom is -0.292 e. The maximum absolute atomic E-state index is 13.1. The van der Waals surface area contributed by atoms with Crippen molar-refractivity contribution < 1.29 is 4.79 Å². The van der Waals surface area contributed by atoms with Gasteiger partial charge in [0, 0.05) is 11.3 Å². The smallest absolute Gasteiger partial charge is 0.185 e. The van der Waals surface area contributed by atoms with Crippen molar-refractivity contribution in [3.63, 3.8) is 0 Å². The van der Waals surface area contributed by atoms with Gasteiger partial charge in [-0.15, -0.1) is 0 Å². The zero-order valence-electron chi connectivity index (χ0n) is 15.1. The Balaban J connectivity index is 1.83. The summed E-state index contributed by atoms with van der Waals surface area (Å²) in [7, 11) is 0. The molecule has 4 rings (SSSR count). The first kappa shape index (κ1) is 16.1. The van der Waals surface area contributed by atoms with Crippen molar-refractivity contribution in [2.24, 2.45) is 21.8 Å². The van der Waals surface area contributed by atoms with Crippen molar-refractivity contribution >= 4 is 22.9 Å². The van der Waals surface area contributed by atoms with Gasteiger partial charge in [-0.1, -0.05) is 57.2 Å². The van der Waals surface area contributed by atoms with E-state index in [0.29, 0.717) is 0 Å². The van der Waals surface area contributed by atoms with Gasteiger partial charge >= 0.3 is 0 Å². The number of para-hydroxylation sites is 2. The number of hydrogen-bond donors (Lipinski definition) is 0. The van der Waals surface area contributed by atoms with Crippen LogP contribution in [0.5, 0.6) is 0 Å². The van der Waals surface area contributed by atoms with Crippen LogP contribution in [0.4, 0.5) is 11.4 Å². The van der Waals surface area contributed by atoms with E-state index in [2.05, 4.69) is 20.8 Å². The molecule has 2 bridgehead atoms. The lowest BCUT2D eigenvalue weighted by atomic mass is 9.70. The standard InChI is InChI=1S/C22H24N2O/c1-21(2)18-14-15-22(21,3)20(25)19(18)23-24(16-10-6-4-7-11-16)17-12-8-5-9-13-17/h4-13,18H,14-15H2,1-3H3/b23-19+. The number of ketones is 1. The molecule has 2 aliphatic rings. The highest BCUT2D eigenvalue weighted by Gasteiger charge is 2.65. The van der Waals surface area contributed by atoms with Crippen LogP contribution < -0.4 is 5.01 Å². The van der Waals surface area contributed by atoms with Crippen LogP contribution >= 0.6 is 0 Å². The number of fused-ring (bicyclic) bond motifs is 2. The number of hydrazone groups is 1. The minimum atomic E-state index is -0.282. The Labute approximate surface area is 149 Å². The van der Waals surface area contributed by atoms with E-state index in [1.807, 2.05) is 65.7 Å². The lowest BCUT2D eigenvalue weighted by Gasteiger charge is -2.31. The number of nitrogens with zero attached hydrogens (tertiary/aromatic N) is 2. The molecule has 0 saturated heterocycles. The molecule has 2 saturated carbocycles. The normalized spacial score (nSPS) is 28.5. The fraction of sp³-hybridized carbons (Fsp3) is 0.364. The number of Topliss-reactive ketones (excluding diaryl/α,β-unsaturated/α-hetero) is 1. The largest absolute Gasteiger partial charge is 0.292 e. The summed E-state index contributed by atoms with van der Waals surface area (Å²) in [6.45, 7) is 6.56. The van der Waals surface area contributed by atoms with Crippen molar-refractivity contribution in [1.29, 1.82) is 0 Å². The number of anilines is 2. The van der Waals surface area contributed by atoms with Crippen molar-refractivity contribution in [3.8, 4) is 0 Å². The molecule has 2 atom stereocenters. The van der Waals surface area contributed by atoms with E-state index in [4.69, 9.17) is 5.10 Å². The van der Waals surface area contributed by atoms with Gasteiger partial charge in [-0.05, 0) is 42.5 Å². The average Bonchev–Trinajstić information content (AvgIpc) is 2.94. The summed E-state index contributed by atoms with van der Waals surface area (Å²) < 4.78 is 0. The molecular formula is C22H24N2O. The molecule has 25 heavy (non-hydrogen) atoms. The molecule has 2 fully saturated rings. The Morgan fingerprint density at radius 1 is 0.920 bits per heavy atom. The van der Waals surface area contributed by atoms with Crippen molar-refractivity contribution in [2.75, 3.05) is 5.01 Å². The molecule has 0 heterocycles. The number of carbonyl (C=O) groups is 1. The average molecular weight is 332 g/mol. The van der Waals surface area contributed by atoms with Gasteiger partial charge in [0.25, 0.3) is 0 Å². The predicted octanol–water partition coefficient (Wildman–Crippen LogP) is 5.21. The number of rotatable bonds is 3. The van der Waals surface area contributed by atoms with Crippen LogP contribution in [-0.2, 0) is 4.79 Å². The van der Waals surface area contributed by atoms with Crippen LogP contribution in [0.15, 0.2) is 65.8 Å². The molecule has 0 amide bonds. The van der Waals surface area contributed by atoms with Gasteiger partial charge in [-0.2, -0.15) is 5.10 Å². The molecule has 0 radical (unpaired) electrons. The molecule has 3 heteroatoms. The Morgan fingerprint density at radius 3 is 1.88 bits per heavy atom. The van der Waals surface area contributed by atoms with Gasteiger partial charge in [-0.25, -0.2) is 5.01 Å². The molecule has 128 valence electrons. The van der Waals surface area contributed by atoms with Crippen LogP contribution in [0.2, 0.25) is 0 Å². The summed E-state index contributed by atoms with van der Waals surface area (Å²) in [6.07, 6.45) is 2.02. The van der Waals surface area contributed by atoms with Crippen molar-refractivity contribution in [1.82, 2.24) is 0 Å². The highest BCUT2D eigenvalue weighted by Crippen LogP contribution is 2.62. The maximum Gasteiger partial charge on any atom is 0.185 e. The third-order valence-corrected chi connectivity index (χ3v) is 6.50. The monoisotopic (exact) mass is 332 g/mol. The Morgan fingerprint density at radius 2 is 1.44 bits per heavy atom. The molecule has 0 aliphatic heterocycles. The predicted molar refractivity (Wildman–Crippen MR) is 102 cm³/mol. The summed E-state index contributed by atoms with van der Waals surface area (Å²) in [5, 5.41) is 6.83. The molecule has 3 nitrogen and oxygen atoms in total. The minimum absolute atomic E-state index is 0.0258. The number of benzene rings is 2. The third kappa shape index (κ3) is 2.25. The van der Waals surface area contributed by atoms with Crippen LogP contribution in [0.3, 0.4) is 0 Å². The van der Waals surface area contributed by atoms with E-state index < -0.39 is 0 Å². The molecule has 0 aromatic heterocycles. The van der Waals surface area contributed by atoms with Crippen LogP contribution in [0.25, 0.3) is 0 Å². The fourth-order valence-electron chi connectivity index (χ4n) is 4.45. The zero-order chi connectivity index (χ0) is 17.7. The second-order valence-electron chi connectivity index (χ2n) is 7.94. The molecular weight excluding hydrogens is 308 g/mol. The maximum atomic E-state index is 13.1. The lowest BCUT2D eigenvalue weighted by Crippen LogP contribution is -2.34.